The zero-order valence-corrected chi connectivity index (χ0v) is 20.6. The van der Waals surface area contributed by atoms with Crippen LogP contribution in [-0.4, -0.2) is 106 Å². The second kappa shape index (κ2) is 10.4. The summed E-state index contributed by atoms with van der Waals surface area (Å²) in [7, 11) is 0. The van der Waals surface area contributed by atoms with Gasteiger partial charge in [0.15, 0.2) is 22.8 Å². The number of fused-ring (bicyclic) bond motifs is 1. The van der Waals surface area contributed by atoms with Crippen molar-refractivity contribution in [3.05, 3.63) is 18.7 Å². The third-order valence-corrected chi connectivity index (χ3v) is 6.89. The SMILES string of the molecule is CCC(=O)N1CCN(CS(=O)[O-])CC1n1cnc2c(N3CCOCC3)nc(-c3cnc(N)nc3)nc21. The summed E-state index contributed by atoms with van der Waals surface area (Å²) in [5.41, 5.74) is 7.37. The molecule has 2 aliphatic heterocycles. The number of nitrogens with two attached hydrogens (primary N) is 1. The summed E-state index contributed by atoms with van der Waals surface area (Å²) in [6.45, 7) is 5.40. The maximum absolute atomic E-state index is 12.8. The lowest BCUT2D eigenvalue weighted by Crippen LogP contribution is -2.52. The van der Waals surface area contributed by atoms with Gasteiger partial charge in [0, 0.05) is 51.5 Å². The minimum absolute atomic E-state index is 0.0284. The van der Waals surface area contributed by atoms with E-state index < -0.39 is 17.2 Å². The Bertz CT molecular complexity index is 1260. The molecular formula is C21H27N10O4S-. The van der Waals surface area contributed by atoms with Crippen molar-refractivity contribution in [2.45, 2.75) is 19.5 Å². The molecule has 14 nitrogen and oxygen atoms in total. The summed E-state index contributed by atoms with van der Waals surface area (Å²) in [6.07, 6.45) is 4.62. The lowest BCUT2D eigenvalue weighted by atomic mass is 10.2. The van der Waals surface area contributed by atoms with E-state index in [0.29, 0.717) is 80.7 Å². The van der Waals surface area contributed by atoms with E-state index in [1.54, 1.807) is 28.5 Å². The second-order valence-corrected chi connectivity index (χ2v) is 9.42. The second-order valence-electron chi connectivity index (χ2n) is 8.56. The molecule has 5 rings (SSSR count). The van der Waals surface area contributed by atoms with Crippen molar-refractivity contribution in [2.75, 3.05) is 62.4 Å². The van der Waals surface area contributed by atoms with Crippen LogP contribution in [0, 0.1) is 0 Å². The molecule has 0 aromatic carbocycles. The molecule has 36 heavy (non-hydrogen) atoms. The van der Waals surface area contributed by atoms with Gasteiger partial charge in [0.25, 0.3) is 0 Å². The van der Waals surface area contributed by atoms with E-state index >= 15 is 0 Å². The normalized spacial score (nSPS) is 20.1. The number of hydrogen-bond acceptors (Lipinski definition) is 12. The van der Waals surface area contributed by atoms with E-state index in [2.05, 4.69) is 19.9 Å². The van der Waals surface area contributed by atoms with Crippen molar-refractivity contribution >= 4 is 39.9 Å². The minimum Gasteiger partial charge on any atom is -0.771 e. The highest BCUT2D eigenvalue weighted by molar-refractivity contribution is 7.79. The van der Waals surface area contributed by atoms with E-state index in [1.165, 1.54) is 0 Å². The highest BCUT2D eigenvalue weighted by Gasteiger charge is 2.33. The van der Waals surface area contributed by atoms with E-state index in [-0.39, 0.29) is 17.7 Å². The molecule has 0 saturated carbocycles. The number of carbonyl (C=O) groups excluding carboxylic acids is 1. The first-order chi connectivity index (χ1) is 17.4. The molecule has 3 aromatic heterocycles. The summed E-state index contributed by atoms with van der Waals surface area (Å²) in [5, 5.41) is 0. The Labute approximate surface area is 209 Å². The molecule has 0 spiro atoms. The largest absolute Gasteiger partial charge is 0.771 e. The van der Waals surface area contributed by atoms with Crippen LogP contribution >= 0.6 is 0 Å². The number of amides is 1. The van der Waals surface area contributed by atoms with Crippen molar-refractivity contribution < 1.29 is 18.3 Å². The van der Waals surface area contributed by atoms with Gasteiger partial charge in [-0.3, -0.25) is 18.5 Å². The molecule has 2 fully saturated rings. The van der Waals surface area contributed by atoms with Gasteiger partial charge in [-0.2, -0.15) is 0 Å². The Hall–Kier alpha value is -3.27. The van der Waals surface area contributed by atoms with Crippen molar-refractivity contribution in [1.29, 1.82) is 0 Å². The number of nitrogens with zero attached hydrogens (tertiary/aromatic N) is 9. The standard InChI is InChI=1S/C21H28N10O4S/c1-2-16(32)30-4-3-28(13-36(33)34)11-15(30)31-12-25-17-19(29-5-7-35-8-6-29)26-18(27-20(17)31)14-9-23-21(22)24-10-14/h9-10,12,15H,2-8,11,13H2,1H3,(H,33,34)(H2,22,23,24)/p-1. The first-order valence-electron chi connectivity index (χ1n) is 11.7. The van der Waals surface area contributed by atoms with Gasteiger partial charge in [-0.15, -0.1) is 0 Å². The predicted molar refractivity (Wildman–Crippen MR) is 130 cm³/mol. The van der Waals surface area contributed by atoms with Gasteiger partial charge >= 0.3 is 0 Å². The monoisotopic (exact) mass is 515 g/mol. The van der Waals surface area contributed by atoms with Gasteiger partial charge < -0.3 is 24.8 Å². The summed E-state index contributed by atoms with van der Waals surface area (Å²) in [6, 6.07) is 0. The van der Waals surface area contributed by atoms with Crippen LogP contribution in [0.15, 0.2) is 18.7 Å². The first-order valence-corrected chi connectivity index (χ1v) is 12.9. The number of morpholine rings is 1. The fourth-order valence-corrected chi connectivity index (χ4v) is 5.05. The Kier molecular flexibility index (Phi) is 7.04. The molecule has 192 valence electrons. The lowest BCUT2D eigenvalue weighted by molar-refractivity contribution is -0.138. The summed E-state index contributed by atoms with van der Waals surface area (Å²) >= 11 is -2.23. The van der Waals surface area contributed by atoms with Gasteiger partial charge in [-0.05, 0) is 11.1 Å². The lowest BCUT2D eigenvalue weighted by Gasteiger charge is -2.42. The van der Waals surface area contributed by atoms with Crippen molar-refractivity contribution in [3.63, 3.8) is 0 Å². The van der Waals surface area contributed by atoms with Crippen LogP contribution in [0.1, 0.15) is 19.5 Å². The molecular weight excluding hydrogens is 488 g/mol. The van der Waals surface area contributed by atoms with E-state index in [4.69, 9.17) is 20.4 Å². The Morgan fingerprint density at radius 3 is 2.61 bits per heavy atom. The van der Waals surface area contributed by atoms with E-state index in [9.17, 15) is 13.6 Å². The number of aromatic nitrogens is 6. The summed E-state index contributed by atoms with van der Waals surface area (Å²) in [4.78, 5) is 40.9. The van der Waals surface area contributed by atoms with Crippen LogP contribution in [0.3, 0.4) is 0 Å². The molecule has 3 aromatic rings. The smallest absolute Gasteiger partial charge is 0.224 e. The van der Waals surface area contributed by atoms with E-state index in [0.717, 1.165) is 0 Å². The molecule has 2 saturated heterocycles. The number of piperazine rings is 1. The highest BCUT2D eigenvalue weighted by atomic mass is 32.2. The molecule has 0 bridgehead atoms. The van der Waals surface area contributed by atoms with Crippen LogP contribution < -0.4 is 10.6 Å². The third-order valence-electron chi connectivity index (χ3n) is 6.31. The number of hydrogen-bond donors (Lipinski definition) is 1. The zero-order chi connectivity index (χ0) is 25.2. The van der Waals surface area contributed by atoms with E-state index in [1.807, 2.05) is 11.5 Å². The summed E-state index contributed by atoms with van der Waals surface area (Å²) in [5.74, 6) is 1.05. The molecule has 1 amide bonds. The van der Waals surface area contributed by atoms with Gasteiger partial charge in [0.1, 0.15) is 6.17 Å². The quantitative estimate of drug-likeness (QED) is 0.421. The van der Waals surface area contributed by atoms with Gasteiger partial charge in [0.2, 0.25) is 11.9 Å². The number of anilines is 2. The number of ether oxygens (including phenoxy) is 1. The Morgan fingerprint density at radius 1 is 1.17 bits per heavy atom. The molecule has 0 radical (unpaired) electrons. The van der Waals surface area contributed by atoms with Crippen LogP contribution in [0.5, 0.6) is 0 Å². The number of nitrogen functional groups attached to an aromatic ring is 1. The van der Waals surface area contributed by atoms with Crippen LogP contribution in [0.4, 0.5) is 11.8 Å². The highest BCUT2D eigenvalue weighted by Crippen LogP contribution is 2.31. The number of imidazole rings is 1. The summed E-state index contributed by atoms with van der Waals surface area (Å²) < 4.78 is 30.1. The molecule has 2 N–H and O–H groups in total. The average molecular weight is 516 g/mol. The Morgan fingerprint density at radius 2 is 1.92 bits per heavy atom. The van der Waals surface area contributed by atoms with Gasteiger partial charge in [-0.25, -0.2) is 24.9 Å². The number of carbonyl (C=O) groups is 1. The van der Waals surface area contributed by atoms with Crippen LogP contribution in [0.2, 0.25) is 0 Å². The molecule has 2 atom stereocenters. The van der Waals surface area contributed by atoms with Crippen molar-refractivity contribution in [1.82, 2.24) is 39.3 Å². The van der Waals surface area contributed by atoms with Crippen molar-refractivity contribution in [2.24, 2.45) is 0 Å². The molecule has 2 aliphatic rings. The van der Waals surface area contributed by atoms with Crippen molar-refractivity contribution in [3.8, 4) is 11.4 Å². The zero-order valence-electron chi connectivity index (χ0n) is 19.8. The molecule has 5 heterocycles. The predicted octanol–water partition coefficient (Wildman–Crippen LogP) is -0.408. The first kappa shape index (κ1) is 24.4. The fourth-order valence-electron chi connectivity index (χ4n) is 4.52. The van der Waals surface area contributed by atoms with Gasteiger partial charge in [-0.1, -0.05) is 6.92 Å². The topological polar surface area (TPSA) is 172 Å². The van der Waals surface area contributed by atoms with Gasteiger partial charge in [0.05, 0.1) is 31.0 Å². The average Bonchev–Trinajstić information content (AvgIpc) is 3.32. The minimum atomic E-state index is -2.23. The Balaban J connectivity index is 1.63. The molecule has 2 unspecified atom stereocenters. The molecule has 0 aliphatic carbocycles. The maximum Gasteiger partial charge on any atom is 0.224 e. The van der Waals surface area contributed by atoms with Crippen LogP contribution in [-0.2, 0) is 20.6 Å². The molecule has 15 heteroatoms. The fraction of sp³-hybridized carbons (Fsp3) is 0.524. The number of rotatable bonds is 6. The van der Waals surface area contributed by atoms with Crippen LogP contribution in [0.25, 0.3) is 22.6 Å². The third kappa shape index (κ3) is 4.86. The maximum atomic E-state index is 12.8.